The Morgan fingerprint density at radius 3 is 2.03 bits per heavy atom. The van der Waals surface area contributed by atoms with Crippen molar-refractivity contribution in [3.05, 3.63) is 11.6 Å². The summed E-state index contributed by atoms with van der Waals surface area (Å²) >= 11 is 0. The van der Waals surface area contributed by atoms with Crippen LogP contribution in [-0.2, 0) is 47.5 Å². The van der Waals surface area contributed by atoms with E-state index in [-0.39, 0.29) is 47.4 Å². The number of rotatable bonds is 9. The van der Waals surface area contributed by atoms with Crippen molar-refractivity contribution in [2.75, 3.05) is 20.3 Å². The predicted octanol–water partition coefficient (Wildman–Crippen LogP) is 0.180. The number of aliphatic hydroxyl groups excluding tert-OH is 9. The van der Waals surface area contributed by atoms with E-state index in [1.807, 2.05) is 13.8 Å². The average molecular weight is 969 g/mol. The van der Waals surface area contributed by atoms with Crippen LogP contribution in [0, 0.1) is 50.2 Å². The molecule has 4 saturated carbocycles. The van der Waals surface area contributed by atoms with Crippen molar-refractivity contribution in [3.63, 3.8) is 0 Å². The molecule has 0 aromatic rings. The Labute approximate surface area is 397 Å². The van der Waals surface area contributed by atoms with Gasteiger partial charge in [-0.3, -0.25) is 14.4 Å². The largest absolute Gasteiger partial charge is 0.432 e. The summed E-state index contributed by atoms with van der Waals surface area (Å²) in [5.41, 5.74) is -2.61. The molecular formula is C49H76O19. The Bertz CT molecular complexity index is 1960. The molecule has 0 unspecified atom stereocenters. The second-order valence-electron chi connectivity index (χ2n) is 23.4. The van der Waals surface area contributed by atoms with Crippen LogP contribution in [0.5, 0.6) is 0 Å². The molecule has 19 heteroatoms. The molecule has 386 valence electrons. The van der Waals surface area contributed by atoms with E-state index in [0.717, 1.165) is 24.8 Å². The number of fused-ring (bicyclic) bond motifs is 7. The predicted molar refractivity (Wildman–Crippen MR) is 234 cm³/mol. The van der Waals surface area contributed by atoms with Crippen LogP contribution < -0.4 is 0 Å². The molecule has 8 aliphatic rings. The zero-order valence-corrected chi connectivity index (χ0v) is 40.7. The number of methoxy groups -OCH3 is 1. The monoisotopic (exact) mass is 968 g/mol. The summed E-state index contributed by atoms with van der Waals surface area (Å²) in [7, 11) is 1.71. The molecule has 23 atom stereocenters. The average Bonchev–Trinajstić information content (AvgIpc) is 3.28. The number of ketones is 2. The van der Waals surface area contributed by atoms with E-state index in [0.29, 0.717) is 25.0 Å². The van der Waals surface area contributed by atoms with Gasteiger partial charge < -0.3 is 79.1 Å². The summed E-state index contributed by atoms with van der Waals surface area (Å²) in [5, 5.41) is 96.6. The molecule has 0 spiro atoms. The highest BCUT2D eigenvalue weighted by Gasteiger charge is 2.72. The number of esters is 1. The van der Waals surface area contributed by atoms with Gasteiger partial charge in [0.05, 0.1) is 30.8 Å². The number of allylic oxidation sites excluding steroid dienone is 1. The lowest BCUT2D eigenvalue weighted by Crippen LogP contribution is -2.68. The Morgan fingerprint density at radius 1 is 0.735 bits per heavy atom. The molecule has 5 aliphatic carbocycles. The molecule has 0 radical (unpaired) electrons. The van der Waals surface area contributed by atoms with Gasteiger partial charge in [0.1, 0.15) is 78.7 Å². The Kier molecular flexibility index (Phi) is 14.0. The Morgan fingerprint density at radius 2 is 1.37 bits per heavy atom. The van der Waals surface area contributed by atoms with Gasteiger partial charge in [0, 0.05) is 36.7 Å². The van der Waals surface area contributed by atoms with E-state index in [2.05, 4.69) is 40.7 Å². The van der Waals surface area contributed by atoms with Gasteiger partial charge in [-0.25, -0.2) is 0 Å². The van der Waals surface area contributed by atoms with Crippen molar-refractivity contribution in [3.8, 4) is 0 Å². The van der Waals surface area contributed by atoms with Gasteiger partial charge in [0.15, 0.2) is 12.6 Å². The zero-order chi connectivity index (χ0) is 50.0. The fraction of sp³-hybridized carbons (Fsp3) is 0.898. The molecule has 3 saturated heterocycles. The molecule has 3 aliphatic heterocycles. The number of aliphatic hydroxyl groups is 9. The maximum Gasteiger partial charge on any atom is 0.315 e. The van der Waals surface area contributed by atoms with E-state index in [1.54, 1.807) is 7.11 Å². The second kappa shape index (κ2) is 18.2. The van der Waals surface area contributed by atoms with Crippen LogP contribution in [0.3, 0.4) is 0 Å². The number of carbonyl (C=O) groups excluding carboxylic acids is 3. The molecule has 0 amide bonds. The summed E-state index contributed by atoms with van der Waals surface area (Å²) in [6, 6.07) is 0. The first kappa shape index (κ1) is 52.3. The van der Waals surface area contributed by atoms with Crippen molar-refractivity contribution in [1.82, 2.24) is 0 Å². The van der Waals surface area contributed by atoms with Gasteiger partial charge in [-0.05, 0) is 73.5 Å². The van der Waals surface area contributed by atoms with Crippen LogP contribution in [0.2, 0.25) is 0 Å². The maximum absolute atomic E-state index is 15.1. The highest BCUT2D eigenvalue weighted by Crippen LogP contribution is 2.75. The van der Waals surface area contributed by atoms with Crippen LogP contribution >= 0.6 is 0 Å². The quantitative estimate of drug-likeness (QED) is 0.110. The third kappa shape index (κ3) is 7.91. The van der Waals surface area contributed by atoms with Crippen molar-refractivity contribution >= 4 is 17.5 Å². The van der Waals surface area contributed by atoms with E-state index in [1.165, 1.54) is 6.92 Å². The molecule has 68 heavy (non-hydrogen) atoms. The van der Waals surface area contributed by atoms with Crippen LogP contribution in [-0.4, -0.2) is 182 Å². The molecule has 7 fully saturated rings. The van der Waals surface area contributed by atoms with E-state index >= 15 is 4.79 Å². The molecule has 0 aromatic heterocycles. The third-order valence-corrected chi connectivity index (χ3v) is 19.2. The van der Waals surface area contributed by atoms with Gasteiger partial charge in [0.2, 0.25) is 6.29 Å². The maximum atomic E-state index is 15.1. The lowest BCUT2D eigenvalue weighted by molar-refractivity contribution is -0.361. The van der Waals surface area contributed by atoms with Crippen LogP contribution in [0.1, 0.15) is 107 Å². The first-order chi connectivity index (χ1) is 31.6. The van der Waals surface area contributed by atoms with Crippen LogP contribution in [0.25, 0.3) is 0 Å². The number of hydrogen-bond donors (Lipinski definition) is 9. The fourth-order valence-electron chi connectivity index (χ4n) is 14.7. The minimum Gasteiger partial charge on any atom is -0.432 e. The molecule has 8 rings (SSSR count). The number of carbonyl (C=O) groups is 3. The summed E-state index contributed by atoms with van der Waals surface area (Å²) < 4.78 is 41.0. The number of ether oxygens (including phenoxy) is 7. The highest BCUT2D eigenvalue weighted by molar-refractivity contribution is 5.93. The van der Waals surface area contributed by atoms with Crippen LogP contribution in [0.4, 0.5) is 0 Å². The van der Waals surface area contributed by atoms with Gasteiger partial charge >= 0.3 is 5.97 Å². The standard InChI is InChI=1S/C49H76O19/c1-21-30(53)32(55)35(58)41(64-21)67-38-25(19-50)65-40(37(60)34(38)57)63-20-26-31(54)33(56)36(59)42(66-26)68-43(61)49-15-14-47(7)22(23(49)17-44(2,3)29(52)18-49)16-24(62-9)39-46(6)12-11-28(51)45(4,5)27(46)10-13-48(39,47)8/h16,21,23-27,30-42,50,53-60H,10-15,17-20H2,1-9H3/t21-,23+,24+,25-,26-,27-,30-,31-,32+,33+,34-,35-,36-,37-,38-,39-,40-,41+,42+,46+,47+,48-,49+/m0/s1. The third-order valence-electron chi connectivity index (χ3n) is 19.2. The molecule has 9 N–H and O–H groups in total. The summed E-state index contributed by atoms with van der Waals surface area (Å²) in [6.45, 7) is 14.9. The van der Waals surface area contributed by atoms with Crippen molar-refractivity contribution in [2.45, 2.75) is 205 Å². The SMILES string of the molecule is CO[C@@H]1C=C2[C@H]3CC(C)(C)C(=O)C[C@]3(C(=O)O[C@H]3O[C@@H](CO[C@H]4O[C@@H](CO)[C@H](O[C@H]5O[C@@H](C)[C@H](O)[C@@H](O)[C@@H]5O)[C@@H](O)[C@@H]4O)[C@H](O)[C@@H](O)[C@@H]3O)CC[C@@]2(C)[C@@]2(C)CC[C@H]3C(C)(C)C(=O)CC[C@@]3(C)[C@H]12. The van der Waals surface area contributed by atoms with Gasteiger partial charge in [-0.15, -0.1) is 0 Å². The number of hydrogen-bond acceptors (Lipinski definition) is 19. The fourth-order valence-corrected chi connectivity index (χ4v) is 14.7. The van der Waals surface area contributed by atoms with Crippen molar-refractivity contribution < 1.29 is 93.5 Å². The highest BCUT2D eigenvalue weighted by atomic mass is 16.8. The molecular weight excluding hydrogens is 893 g/mol. The Balaban J connectivity index is 1.01. The smallest absolute Gasteiger partial charge is 0.315 e. The lowest BCUT2D eigenvalue weighted by atomic mass is 9.33. The van der Waals surface area contributed by atoms with Crippen molar-refractivity contribution in [1.29, 1.82) is 0 Å². The van der Waals surface area contributed by atoms with E-state index < -0.39 is 139 Å². The summed E-state index contributed by atoms with van der Waals surface area (Å²) in [6.07, 6.45) is -19.1. The summed E-state index contributed by atoms with van der Waals surface area (Å²) in [4.78, 5) is 42.5. The molecule has 19 nitrogen and oxygen atoms in total. The van der Waals surface area contributed by atoms with Gasteiger partial charge in [-0.1, -0.05) is 60.1 Å². The normalized spacial score (nSPS) is 52.1. The summed E-state index contributed by atoms with van der Waals surface area (Å²) in [5.74, 6) is -0.905. The molecule has 0 aromatic carbocycles. The zero-order valence-electron chi connectivity index (χ0n) is 40.7. The first-order valence-corrected chi connectivity index (χ1v) is 24.5. The first-order valence-electron chi connectivity index (χ1n) is 24.5. The lowest BCUT2D eigenvalue weighted by Gasteiger charge is -2.71. The van der Waals surface area contributed by atoms with Gasteiger partial charge in [-0.2, -0.15) is 0 Å². The topological polar surface area (TPSA) is 298 Å². The minimum absolute atomic E-state index is 0.0583. The Hall–Kier alpha value is -2.05. The minimum atomic E-state index is -1.94. The molecule has 0 bridgehead atoms. The number of Topliss-reactive ketones (excluding diaryl/α,β-unsaturated/α-hetero) is 2. The van der Waals surface area contributed by atoms with E-state index in [9.17, 15) is 55.5 Å². The van der Waals surface area contributed by atoms with E-state index in [4.69, 9.17) is 33.2 Å². The van der Waals surface area contributed by atoms with Gasteiger partial charge in [0.25, 0.3) is 0 Å². The molecule has 3 heterocycles. The van der Waals surface area contributed by atoms with Crippen molar-refractivity contribution in [2.24, 2.45) is 50.2 Å². The van der Waals surface area contributed by atoms with Crippen LogP contribution in [0.15, 0.2) is 11.6 Å². The second-order valence-corrected chi connectivity index (χ2v) is 23.4.